The van der Waals surface area contributed by atoms with Gasteiger partial charge in [0, 0.05) is 56.9 Å². The summed E-state index contributed by atoms with van der Waals surface area (Å²) in [5, 5.41) is 11.5. The zero-order valence-electron chi connectivity index (χ0n) is 18.4. The highest BCUT2D eigenvalue weighted by Gasteiger charge is 2.55. The van der Waals surface area contributed by atoms with Crippen LogP contribution in [-0.2, 0) is 17.3 Å². The van der Waals surface area contributed by atoms with Gasteiger partial charge >= 0.3 is 0 Å². The number of aromatic nitrogens is 2. The predicted molar refractivity (Wildman–Crippen MR) is 119 cm³/mol. The van der Waals surface area contributed by atoms with E-state index in [1.54, 1.807) is 48.2 Å². The molecule has 3 aromatic rings. The van der Waals surface area contributed by atoms with Crippen molar-refractivity contribution < 1.29 is 19.4 Å². The molecule has 1 spiro atoms. The van der Waals surface area contributed by atoms with Crippen molar-refractivity contribution in [1.82, 2.24) is 19.4 Å². The van der Waals surface area contributed by atoms with Gasteiger partial charge in [-0.15, -0.1) is 0 Å². The number of pyridine rings is 1. The van der Waals surface area contributed by atoms with Crippen molar-refractivity contribution in [3.63, 3.8) is 0 Å². The van der Waals surface area contributed by atoms with Crippen LogP contribution < -0.4 is 4.74 Å². The lowest BCUT2D eigenvalue weighted by Gasteiger charge is -2.56. The molecule has 0 saturated carbocycles. The summed E-state index contributed by atoms with van der Waals surface area (Å²) in [7, 11) is 3.58. The predicted octanol–water partition coefficient (Wildman–Crippen LogP) is 1.87. The molecule has 0 unspecified atom stereocenters. The fourth-order valence-corrected chi connectivity index (χ4v) is 5.37. The number of benzene rings is 1. The number of aryl methyl sites for hydroxylation is 1. The van der Waals surface area contributed by atoms with Gasteiger partial charge in [-0.25, -0.2) is 0 Å². The molecular formula is C24H26N4O4. The van der Waals surface area contributed by atoms with E-state index >= 15 is 0 Å². The van der Waals surface area contributed by atoms with Crippen LogP contribution in [0.3, 0.4) is 0 Å². The zero-order chi connectivity index (χ0) is 22.6. The first kappa shape index (κ1) is 20.5. The highest BCUT2D eigenvalue weighted by atomic mass is 16.5. The Kier molecular flexibility index (Phi) is 4.70. The monoisotopic (exact) mass is 434 g/mol. The van der Waals surface area contributed by atoms with Crippen LogP contribution in [0.1, 0.15) is 34.7 Å². The fraction of sp³-hybridized carbons (Fsp3) is 0.375. The molecular weight excluding hydrogens is 408 g/mol. The van der Waals surface area contributed by atoms with Crippen molar-refractivity contribution in [3.05, 3.63) is 59.5 Å². The van der Waals surface area contributed by atoms with Crippen LogP contribution in [0.25, 0.3) is 10.9 Å². The summed E-state index contributed by atoms with van der Waals surface area (Å²) >= 11 is 0. The van der Waals surface area contributed by atoms with Gasteiger partial charge in [0.1, 0.15) is 11.4 Å². The molecule has 5 rings (SSSR count). The topological polar surface area (TPSA) is 87.9 Å². The van der Waals surface area contributed by atoms with Crippen molar-refractivity contribution in [3.8, 4) is 5.75 Å². The van der Waals surface area contributed by atoms with Crippen LogP contribution in [0.5, 0.6) is 5.75 Å². The standard InChI is InChI=1S/C24H26N4O4/c1-15(30)27-12-24(13-27)14-28(23(31)18-6-4-5-9-25-18)20(11-29)22-21(24)17-8-7-16(32-3)10-19(17)26(22)2/h4-10,20,29H,11-14H2,1-3H3/t20-/m1/s1. The van der Waals surface area contributed by atoms with Crippen molar-refractivity contribution >= 4 is 22.7 Å². The molecule has 8 nitrogen and oxygen atoms in total. The largest absolute Gasteiger partial charge is 0.497 e. The summed E-state index contributed by atoms with van der Waals surface area (Å²) in [6, 6.07) is 10.7. The highest BCUT2D eigenvalue weighted by Crippen LogP contribution is 2.49. The number of aliphatic hydroxyl groups is 1. The molecule has 2 aliphatic heterocycles. The summed E-state index contributed by atoms with van der Waals surface area (Å²) in [5.41, 5.74) is 2.92. The van der Waals surface area contributed by atoms with E-state index in [2.05, 4.69) is 4.98 Å². The molecule has 1 fully saturated rings. The number of ether oxygens (including phenoxy) is 1. The van der Waals surface area contributed by atoms with E-state index in [0.717, 1.165) is 27.9 Å². The maximum atomic E-state index is 13.5. The van der Waals surface area contributed by atoms with Gasteiger partial charge in [0.25, 0.3) is 5.91 Å². The number of carbonyl (C=O) groups excluding carboxylic acids is 2. The van der Waals surface area contributed by atoms with E-state index in [-0.39, 0.29) is 18.4 Å². The number of hydrogen-bond acceptors (Lipinski definition) is 5. The van der Waals surface area contributed by atoms with Gasteiger partial charge < -0.3 is 24.2 Å². The minimum atomic E-state index is -0.514. The maximum Gasteiger partial charge on any atom is 0.273 e. The van der Waals surface area contributed by atoms with Crippen molar-refractivity contribution in [2.75, 3.05) is 33.4 Å². The number of methoxy groups -OCH3 is 1. The van der Waals surface area contributed by atoms with Crippen molar-refractivity contribution in [2.45, 2.75) is 18.4 Å². The normalized spacial score (nSPS) is 19.1. The van der Waals surface area contributed by atoms with E-state index in [0.29, 0.717) is 25.3 Å². The molecule has 0 bridgehead atoms. The summed E-state index contributed by atoms with van der Waals surface area (Å²) in [5.74, 6) is 0.537. The molecule has 8 heteroatoms. The molecule has 0 radical (unpaired) electrons. The number of fused-ring (bicyclic) bond motifs is 4. The first-order valence-corrected chi connectivity index (χ1v) is 10.7. The zero-order valence-corrected chi connectivity index (χ0v) is 18.4. The average Bonchev–Trinajstić information content (AvgIpc) is 3.08. The van der Waals surface area contributed by atoms with E-state index in [1.165, 1.54) is 0 Å². The molecule has 1 atom stereocenters. The van der Waals surface area contributed by atoms with Gasteiger partial charge in [-0.2, -0.15) is 0 Å². The summed E-state index contributed by atoms with van der Waals surface area (Å²) < 4.78 is 7.48. The average molecular weight is 434 g/mol. The number of hydrogen-bond donors (Lipinski definition) is 1. The van der Waals surface area contributed by atoms with E-state index in [9.17, 15) is 14.7 Å². The van der Waals surface area contributed by atoms with E-state index < -0.39 is 11.5 Å². The molecule has 0 aliphatic carbocycles. The Hall–Kier alpha value is -3.39. The Morgan fingerprint density at radius 1 is 1.22 bits per heavy atom. The lowest BCUT2D eigenvalue weighted by molar-refractivity contribution is -0.137. The molecule has 166 valence electrons. The van der Waals surface area contributed by atoms with E-state index in [4.69, 9.17) is 4.74 Å². The summed E-state index contributed by atoms with van der Waals surface area (Å²) in [6.07, 6.45) is 1.59. The van der Waals surface area contributed by atoms with Crippen LogP contribution >= 0.6 is 0 Å². The van der Waals surface area contributed by atoms with Crippen LogP contribution in [0.2, 0.25) is 0 Å². The third kappa shape index (κ3) is 2.82. The Balaban J connectivity index is 1.71. The maximum absolute atomic E-state index is 13.5. The van der Waals surface area contributed by atoms with Gasteiger partial charge in [-0.05, 0) is 29.8 Å². The van der Waals surface area contributed by atoms with Crippen LogP contribution in [-0.4, -0.2) is 69.6 Å². The SMILES string of the molecule is COc1ccc2c3c(n(C)c2c1)[C@@H](CO)N(C(=O)c1ccccn1)CC31CN(C(C)=O)C1. The molecule has 1 saturated heterocycles. The summed E-state index contributed by atoms with van der Waals surface area (Å²) in [4.78, 5) is 33.3. The van der Waals surface area contributed by atoms with Gasteiger partial charge in [-0.3, -0.25) is 14.6 Å². The Morgan fingerprint density at radius 2 is 2.00 bits per heavy atom. The number of rotatable bonds is 3. The smallest absolute Gasteiger partial charge is 0.273 e. The van der Waals surface area contributed by atoms with Gasteiger partial charge in [-0.1, -0.05) is 6.07 Å². The minimum Gasteiger partial charge on any atom is -0.497 e. The lowest BCUT2D eigenvalue weighted by Crippen LogP contribution is -2.68. The Bertz CT molecular complexity index is 1210. The molecule has 1 N–H and O–H groups in total. The second-order valence-electron chi connectivity index (χ2n) is 8.70. The van der Waals surface area contributed by atoms with Crippen molar-refractivity contribution in [1.29, 1.82) is 0 Å². The number of nitrogens with zero attached hydrogens (tertiary/aromatic N) is 4. The van der Waals surface area contributed by atoms with Gasteiger partial charge in [0.05, 0.1) is 30.7 Å². The third-order valence-corrected chi connectivity index (χ3v) is 6.90. The fourth-order valence-electron chi connectivity index (χ4n) is 5.37. The lowest BCUT2D eigenvalue weighted by atomic mass is 9.68. The molecule has 4 heterocycles. The van der Waals surface area contributed by atoms with Crippen LogP contribution in [0, 0.1) is 0 Å². The second kappa shape index (κ2) is 7.34. The Morgan fingerprint density at radius 3 is 2.62 bits per heavy atom. The van der Waals surface area contributed by atoms with E-state index in [1.807, 2.05) is 29.8 Å². The van der Waals surface area contributed by atoms with Gasteiger partial charge in [0.2, 0.25) is 5.91 Å². The molecule has 1 aromatic carbocycles. The molecule has 2 aliphatic rings. The highest BCUT2D eigenvalue weighted by molar-refractivity contribution is 5.95. The number of likely N-dealkylation sites (tertiary alicyclic amines) is 1. The number of aliphatic hydroxyl groups excluding tert-OH is 1. The first-order chi connectivity index (χ1) is 15.4. The van der Waals surface area contributed by atoms with Crippen molar-refractivity contribution in [2.24, 2.45) is 7.05 Å². The van der Waals surface area contributed by atoms with Gasteiger partial charge in [0.15, 0.2) is 0 Å². The number of carbonyl (C=O) groups is 2. The minimum absolute atomic E-state index is 0.0194. The summed E-state index contributed by atoms with van der Waals surface area (Å²) in [6.45, 7) is 2.84. The third-order valence-electron chi connectivity index (χ3n) is 6.90. The van der Waals surface area contributed by atoms with Crippen LogP contribution in [0.4, 0.5) is 0 Å². The quantitative estimate of drug-likeness (QED) is 0.680. The Labute approximate surface area is 186 Å². The first-order valence-electron chi connectivity index (χ1n) is 10.7. The van der Waals surface area contributed by atoms with Crippen LogP contribution in [0.15, 0.2) is 42.6 Å². The number of amides is 2. The molecule has 2 aromatic heterocycles. The molecule has 32 heavy (non-hydrogen) atoms. The second-order valence-corrected chi connectivity index (χ2v) is 8.70. The molecule has 2 amide bonds.